The van der Waals surface area contributed by atoms with E-state index in [1.54, 1.807) is 0 Å². The summed E-state index contributed by atoms with van der Waals surface area (Å²) in [5.41, 5.74) is 0. The number of rotatable bonds is 1. The van der Waals surface area contributed by atoms with Gasteiger partial charge in [0, 0.05) is 0 Å². The molecule has 0 heterocycles. The molecule has 0 unspecified atom stereocenters. The molecule has 0 saturated carbocycles. The average molecular weight is 171 g/mol. The van der Waals surface area contributed by atoms with Gasteiger partial charge in [0.15, 0.2) is 0 Å². The third kappa shape index (κ3) is 2.96. The van der Waals surface area contributed by atoms with Crippen molar-refractivity contribution in [1.82, 2.24) is 0 Å². The van der Waals surface area contributed by atoms with Crippen LogP contribution < -0.4 is 5.90 Å². The monoisotopic (exact) mass is 171 g/mol. The number of hydrogen-bond acceptors (Lipinski definition) is 6. The van der Waals surface area contributed by atoms with Crippen LogP contribution in [0.25, 0.3) is 0 Å². The van der Waals surface area contributed by atoms with Gasteiger partial charge in [-0.05, 0) is 0 Å². The van der Waals surface area contributed by atoms with Crippen LogP contribution in [0.2, 0.25) is 0 Å². The molecule has 0 aromatic rings. The summed E-state index contributed by atoms with van der Waals surface area (Å²) in [7, 11) is 0. The van der Waals surface area contributed by atoms with Crippen LogP contribution in [0.5, 0.6) is 0 Å². The Hall–Kier alpha value is -0.716. The molecule has 2 N–H and O–H groups in total. The molecular formula is C2H2NO5V. The van der Waals surface area contributed by atoms with E-state index in [4.69, 9.17) is 0 Å². The summed E-state index contributed by atoms with van der Waals surface area (Å²) >= 11 is -1.81. The molecule has 0 aliphatic rings. The number of nitrogens with two attached hydrogens (primary N) is 1. The van der Waals surface area contributed by atoms with Crippen molar-refractivity contribution >= 4 is 11.9 Å². The molecule has 0 aromatic carbocycles. The van der Waals surface area contributed by atoms with Gasteiger partial charge in [0.25, 0.3) is 0 Å². The van der Waals surface area contributed by atoms with Crippen molar-refractivity contribution in [1.29, 1.82) is 0 Å². The van der Waals surface area contributed by atoms with Crippen LogP contribution in [0, 0.1) is 0 Å². The van der Waals surface area contributed by atoms with E-state index in [0.29, 0.717) is 0 Å². The van der Waals surface area contributed by atoms with E-state index in [9.17, 15) is 13.3 Å². The molecule has 6 nitrogen and oxygen atoms in total. The minimum absolute atomic E-state index is 1.34. The van der Waals surface area contributed by atoms with Crippen LogP contribution >= 0.6 is 0 Å². The fourth-order valence-corrected chi connectivity index (χ4v) is 0.341. The van der Waals surface area contributed by atoms with Gasteiger partial charge in [0.1, 0.15) is 0 Å². The summed E-state index contributed by atoms with van der Waals surface area (Å²) in [4.78, 5) is 23.4. The van der Waals surface area contributed by atoms with E-state index < -0.39 is 28.5 Å². The Bertz CT molecular complexity index is 144. The fraction of sp³-hybridized carbons (Fsp3) is 0. The molecule has 9 heavy (non-hydrogen) atoms. The van der Waals surface area contributed by atoms with Gasteiger partial charge in [-0.15, -0.1) is 0 Å². The van der Waals surface area contributed by atoms with Crippen molar-refractivity contribution in [3.05, 3.63) is 0 Å². The molecule has 50 valence electrons. The molecule has 0 aromatic heterocycles. The predicted molar refractivity (Wildman–Crippen MR) is 17.1 cm³/mol. The van der Waals surface area contributed by atoms with Crippen LogP contribution in [0.4, 0.5) is 0 Å². The number of carbonyl (C=O) groups excluding carboxylic acids is 2. The van der Waals surface area contributed by atoms with Crippen LogP contribution in [0.1, 0.15) is 0 Å². The maximum absolute atomic E-state index is 10.0. The Labute approximate surface area is 56.9 Å². The fourth-order valence-electron chi connectivity index (χ4n) is 0.119. The zero-order chi connectivity index (χ0) is 7.28. The second kappa shape index (κ2) is 4.19. The summed E-state index contributed by atoms with van der Waals surface area (Å²) < 4.78 is 13.3. The molecule has 0 amide bonds. The third-order valence-electron chi connectivity index (χ3n) is 0.394. The molecule has 0 aliphatic carbocycles. The first kappa shape index (κ1) is 8.28. The summed E-state index contributed by atoms with van der Waals surface area (Å²) in [5.74, 6) is 1.56. The van der Waals surface area contributed by atoms with E-state index in [2.05, 4.69) is 14.4 Å². The minimum atomic E-state index is -1.81. The van der Waals surface area contributed by atoms with Gasteiger partial charge in [0.05, 0.1) is 0 Å². The Balaban J connectivity index is 3.73. The number of hydrogen-bond donors (Lipinski definition) is 1. The first-order chi connectivity index (χ1) is 4.22. The molecule has 0 spiro atoms. The van der Waals surface area contributed by atoms with Crippen LogP contribution in [-0.4, -0.2) is 11.9 Å². The van der Waals surface area contributed by atoms with E-state index in [0.717, 1.165) is 0 Å². The van der Waals surface area contributed by atoms with Crippen molar-refractivity contribution < 1.29 is 38.4 Å². The van der Waals surface area contributed by atoms with Crippen molar-refractivity contribution in [2.45, 2.75) is 0 Å². The van der Waals surface area contributed by atoms with E-state index in [1.807, 2.05) is 0 Å². The molecular weight excluding hydrogens is 169 g/mol. The molecule has 0 saturated heterocycles. The second-order valence-corrected chi connectivity index (χ2v) is 1.38. The van der Waals surface area contributed by atoms with Crippen molar-refractivity contribution in [3.8, 4) is 0 Å². The molecule has 0 fully saturated rings. The van der Waals surface area contributed by atoms with Gasteiger partial charge >= 0.3 is 56.2 Å². The van der Waals surface area contributed by atoms with Crippen molar-refractivity contribution in [2.75, 3.05) is 0 Å². The van der Waals surface area contributed by atoms with Gasteiger partial charge in [0.2, 0.25) is 0 Å². The Morgan fingerprint density at radius 1 is 1.33 bits per heavy atom. The summed E-state index contributed by atoms with van der Waals surface area (Å²) in [6.45, 7) is 0. The van der Waals surface area contributed by atoms with Crippen molar-refractivity contribution in [3.63, 3.8) is 0 Å². The van der Waals surface area contributed by atoms with E-state index in [-0.39, 0.29) is 0 Å². The summed E-state index contributed by atoms with van der Waals surface area (Å²) in [6, 6.07) is 0. The molecule has 0 radical (unpaired) electrons. The maximum atomic E-state index is 10.0. The van der Waals surface area contributed by atoms with Gasteiger partial charge in [-0.3, -0.25) is 0 Å². The van der Waals surface area contributed by atoms with Gasteiger partial charge < -0.3 is 0 Å². The molecule has 0 bridgehead atoms. The average Bonchev–Trinajstić information content (AvgIpc) is 1.87. The quantitative estimate of drug-likeness (QED) is 0.372. The SMILES string of the molecule is NOC(=O)C(=O)[O][V]=[O]. The standard InChI is InChI=1S/C2H3NO4.O.V/c3-7-2(6)1(4)5;;/h3H2,(H,4,5);;/q;;+1/p-1. The first-order valence-electron chi connectivity index (χ1n) is 1.67. The zero-order valence-electron chi connectivity index (χ0n) is 4.07. The topological polar surface area (TPSA) is 95.7 Å². The Kier molecular flexibility index (Phi) is 3.86. The summed E-state index contributed by atoms with van der Waals surface area (Å²) in [5, 5.41) is 0. The number of carbonyl (C=O) groups is 2. The van der Waals surface area contributed by atoms with Gasteiger partial charge in [-0.2, -0.15) is 0 Å². The first-order valence-corrected chi connectivity index (χ1v) is 2.81. The zero-order valence-corrected chi connectivity index (χ0v) is 5.46. The molecule has 0 rings (SSSR count). The summed E-state index contributed by atoms with van der Waals surface area (Å²) in [6.07, 6.45) is 0. The third-order valence-corrected chi connectivity index (χ3v) is 0.769. The van der Waals surface area contributed by atoms with Crippen molar-refractivity contribution in [2.24, 2.45) is 5.90 Å². The molecule has 7 heteroatoms. The normalized spacial score (nSPS) is 7.67. The van der Waals surface area contributed by atoms with E-state index in [1.165, 1.54) is 0 Å². The molecule has 0 aliphatic heterocycles. The van der Waals surface area contributed by atoms with Crippen LogP contribution in [-0.2, 0) is 38.4 Å². The van der Waals surface area contributed by atoms with Crippen LogP contribution in [0.15, 0.2) is 0 Å². The van der Waals surface area contributed by atoms with Gasteiger partial charge in [-0.1, -0.05) is 0 Å². The molecule has 0 atom stereocenters. The van der Waals surface area contributed by atoms with E-state index >= 15 is 0 Å². The predicted octanol–water partition coefficient (Wildman–Crippen LogP) is -1.71. The van der Waals surface area contributed by atoms with Gasteiger partial charge in [-0.25, -0.2) is 0 Å². The second-order valence-electron chi connectivity index (χ2n) is 0.859. The Morgan fingerprint density at radius 3 is 2.22 bits per heavy atom. The Morgan fingerprint density at radius 2 is 1.89 bits per heavy atom. The van der Waals surface area contributed by atoms with Crippen LogP contribution in [0.3, 0.4) is 0 Å².